The Morgan fingerprint density at radius 1 is 1.53 bits per heavy atom. The molecule has 0 heterocycles. The van der Waals surface area contributed by atoms with Gasteiger partial charge in [0.05, 0.1) is 6.54 Å². The molecule has 1 rings (SSSR count). The van der Waals surface area contributed by atoms with Gasteiger partial charge in [0.2, 0.25) is 5.91 Å². The van der Waals surface area contributed by atoms with Gasteiger partial charge in [-0.15, -0.1) is 0 Å². The van der Waals surface area contributed by atoms with Crippen molar-refractivity contribution in [3.63, 3.8) is 0 Å². The number of hydrogen-bond acceptors (Lipinski definition) is 3. The van der Waals surface area contributed by atoms with Crippen molar-refractivity contribution in [1.82, 2.24) is 10.6 Å². The molecule has 88 valence electrons. The fourth-order valence-corrected chi connectivity index (χ4v) is 1.63. The van der Waals surface area contributed by atoms with E-state index in [0.29, 0.717) is 12.6 Å². The summed E-state index contributed by atoms with van der Waals surface area (Å²) in [6.45, 7) is 3.08. The van der Waals surface area contributed by atoms with Crippen molar-refractivity contribution in [2.24, 2.45) is 0 Å². The average Bonchev–Trinajstić information content (AvgIpc) is 2.95. The van der Waals surface area contributed by atoms with Crippen molar-refractivity contribution in [3.05, 3.63) is 0 Å². The molecular formula is C10H20N2O2S. The number of nitrogens with one attached hydrogen (secondary N) is 2. The molecule has 0 saturated heterocycles. The maximum absolute atomic E-state index is 11.2. The molecule has 1 aliphatic rings. The van der Waals surface area contributed by atoms with Gasteiger partial charge in [0, 0.05) is 28.3 Å². The Kier molecular flexibility index (Phi) is 5.25. The molecule has 1 aliphatic carbocycles. The van der Waals surface area contributed by atoms with Gasteiger partial charge in [0.1, 0.15) is 0 Å². The lowest BCUT2D eigenvalue weighted by Crippen LogP contribution is -2.36. The Hall–Kier alpha value is -0.420. The van der Waals surface area contributed by atoms with E-state index in [9.17, 15) is 9.00 Å². The SMILES string of the molecule is CC(CCNCC(=O)NC1CC1)S(C)=O. The first-order valence-corrected chi connectivity index (χ1v) is 7.04. The fourth-order valence-electron chi connectivity index (χ4n) is 1.18. The van der Waals surface area contributed by atoms with Gasteiger partial charge < -0.3 is 10.6 Å². The summed E-state index contributed by atoms with van der Waals surface area (Å²) in [5.74, 6) is 0.0720. The molecule has 5 heteroatoms. The second kappa shape index (κ2) is 6.23. The molecule has 0 aromatic carbocycles. The number of carbonyl (C=O) groups is 1. The van der Waals surface area contributed by atoms with Gasteiger partial charge in [-0.25, -0.2) is 0 Å². The number of amides is 1. The quantitative estimate of drug-likeness (QED) is 0.608. The Bertz CT molecular complexity index is 242. The molecule has 1 amide bonds. The molecule has 0 aromatic heterocycles. The van der Waals surface area contributed by atoms with Crippen LogP contribution in [-0.4, -0.2) is 40.8 Å². The van der Waals surface area contributed by atoms with Crippen molar-refractivity contribution in [1.29, 1.82) is 0 Å². The van der Waals surface area contributed by atoms with E-state index in [1.165, 1.54) is 0 Å². The lowest BCUT2D eigenvalue weighted by Gasteiger charge is -2.09. The van der Waals surface area contributed by atoms with E-state index in [-0.39, 0.29) is 11.2 Å². The number of hydrogen-bond donors (Lipinski definition) is 2. The zero-order valence-corrected chi connectivity index (χ0v) is 10.2. The van der Waals surface area contributed by atoms with E-state index >= 15 is 0 Å². The van der Waals surface area contributed by atoms with Crippen LogP contribution in [0.1, 0.15) is 26.2 Å². The number of rotatable bonds is 7. The lowest BCUT2D eigenvalue weighted by molar-refractivity contribution is -0.120. The minimum atomic E-state index is -0.764. The normalized spacial score (nSPS) is 19.6. The molecular weight excluding hydrogens is 212 g/mol. The molecule has 0 aliphatic heterocycles. The summed E-state index contributed by atoms with van der Waals surface area (Å²) >= 11 is 0. The molecule has 2 N–H and O–H groups in total. The summed E-state index contributed by atoms with van der Waals surface area (Å²) < 4.78 is 11.0. The van der Waals surface area contributed by atoms with Gasteiger partial charge in [-0.2, -0.15) is 0 Å². The topological polar surface area (TPSA) is 58.2 Å². The summed E-state index contributed by atoms with van der Waals surface area (Å²) in [7, 11) is -0.764. The third-order valence-corrected chi connectivity index (χ3v) is 3.89. The summed E-state index contributed by atoms with van der Waals surface area (Å²) in [6.07, 6.45) is 4.81. The van der Waals surface area contributed by atoms with Crippen LogP contribution in [0.15, 0.2) is 0 Å². The van der Waals surface area contributed by atoms with Crippen molar-refractivity contribution in [2.75, 3.05) is 19.3 Å². The van der Waals surface area contributed by atoms with Crippen LogP contribution in [0.25, 0.3) is 0 Å². The van der Waals surface area contributed by atoms with Gasteiger partial charge in [-0.05, 0) is 25.8 Å². The van der Waals surface area contributed by atoms with E-state index < -0.39 is 10.8 Å². The fraction of sp³-hybridized carbons (Fsp3) is 0.900. The molecule has 0 radical (unpaired) electrons. The second-order valence-electron chi connectivity index (χ2n) is 4.12. The van der Waals surface area contributed by atoms with Gasteiger partial charge in [0.15, 0.2) is 0 Å². The van der Waals surface area contributed by atoms with E-state index in [0.717, 1.165) is 25.8 Å². The third-order valence-electron chi connectivity index (χ3n) is 2.52. The minimum absolute atomic E-state index is 0.0720. The molecule has 2 atom stereocenters. The molecule has 15 heavy (non-hydrogen) atoms. The van der Waals surface area contributed by atoms with Crippen molar-refractivity contribution < 1.29 is 9.00 Å². The summed E-state index contributed by atoms with van der Waals surface area (Å²) in [5, 5.41) is 6.16. The Balaban J connectivity index is 1.95. The van der Waals surface area contributed by atoms with Gasteiger partial charge >= 0.3 is 0 Å². The minimum Gasteiger partial charge on any atom is -0.352 e. The Morgan fingerprint density at radius 2 is 2.20 bits per heavy atom. The summed E-state index contributed by atoms with van der Waals surface area (Å²) in [6, 6.07) is 0.432. The highest BCUT2D eigenvalue weighted by Crippen LogP contribution is 2.18. The summed E-state index contributed by atoms with van der Waals surface area (Å²) in [5.41, 5.74) is 0. The van der Waals surface area contributed by atoms with Gasteiger partial charge in [-0.3, -0.25) is 9.00 Å². The van der Waals surface area contributed by atoms with Gasteiger partial charge in [0.25, 0.3) is 0 Å². The predicted octanol–water partition coefficient (Wildman–Crippen LogP) is 0.0117. The second-order valence-corrected chi connectivity index (χ2v) is 5.92. The highest BCUT2D eigenvalue weighted by molar-refractivity contribution is 7.84. The molecule has 0 aromatic rings. The standard InChI is InChI=1S/C10H20N2O2S/c1-8(15(2)14)5-6-11-7-10(13)12-9-3-4-9/h8-9,11H,3-7H2,1-2H3,(H,12,13). The van der Waals surface area contributed by atoms with E-state index in [1.54, 1.807) is 6.26 Å². The first-order chi connectivity index (χ1) is 7.09. The van der Waals surface area contributed by atoms with Crippen molar-refractivity contribution >= 4 is 16.7 Å². The molecule has 0 bridgehead atoms. The molecule has 1 fully saturated rings. The summed E-state index contributed by atoms with van der Waals surface area (Å²) in [4.78, 5) is 11.2. The highest BCUT2D eigenvalue weighted by Gasteiger charge is 2.22. The maximum Gasteiger partial charge on any atom is 0.234 e. The highest BCUT2D eigenvalue weighted by atomic mass is 32.2. The smallest absolute Gasteiger partial charge is 0.234 e. The van der Waals surface area contributed by atoms with Crippen LogP contribution in [0, 0.1) is 0 Å². The van der Waals surface area contributed by atoms with Crippen LogP contribution in [0.3, 0.4) is 0 Å². The predicted molar refractivity (Wildman–Crippen MR) is 62.2 cm³/mol. The zero-order chi connectivity index (χ0) is 11.3. The lowest BCUT2D eigenvalue weighted by atomic mass is 10.3. The van der Waals surface area contributed by atoms with Crippen molar-refractivity contribution in [2.45, 2.75) is 37.5 Å². The maximum atomic E-state index is 11.2. The average molecular weight is 232 g/mol. The van der Waals surface area contributed by atoms with Crippen LogP contribution >= 0.6 is 0 Å². The largest absolute Gasteiger partial charge is 0.352 e. The van der Waals surface area contributed by atoms with Crippen LogP contribution in [0.2, 0.25) is 0 Å². The van der Waals surface area contributed by atoms with Crippen LogP contribution in [-0.2, 0) is 15.6 Å². The van der Waals surface area contributed by atoms with Gasteiger partial charge in [-0.1, -0.05) is 6.92 Å². The first kappa shape index (κ1) is 12.6. The monoisotopic (exact) mass is 232 g/mol. The van der Waals surface area contributed by atoms with Crippen LogP contribution in [0.5, 0.6) is 0 Å². The number of carbonyl (C=O) groups excluding carboxylic acids is 1. The van der Waals surface area contributed by atoms with E-state index in [1.807, 2.05) is 6.92 Å². The zero-order valence-electron chi connectivity index (χ0n) is 9.41. The molecule has 2 unspecified atom stereocenters. The molecule has 1 saturated carbocycles. The third kappa shape index (κ3) is 5.89. The van der Waals surface area contributed by atoms with E-state index in [2.05, 4.69) is 10.6 Å². The molecule has 4 nitrogen and oxygen atoms in total. The van der Waals surface area contributed by atoms with Crippen molar-refractivity contribution in [3.8, 4) is 0 Å². The molecule has 0 spiro atoms. The Labute approximate surface area is 93.7 Å². The van der Waals surface area contributed by atoms with E-state index in [4.69, 9.17) is 0 Å². The van der Waals surface area contributed by atoms with Crippen LogP contribution in [0.4, 0.5) is 0 Å². The Morgan fingerprint density at radius 3 is 2.73 bits per heavy atom. The first-order valence-electron chi connectivity index (χ1n) is 5.42. The van der Waals surface area contributed by atoms with Crippen LogP contribution < -0.4 is 10.6 Å².